The average Bonchev–Trinajstić information content (AvgIpc) is 2.93. The molecule has 0 atom stereocenters. The van der Waals surface area contributed by atoms with E-state index in [0.29, 0.717) is 16.6 Å². The molecule has 0 N–H and O–H groups in total. The standard InChI is InChI=1S/C20H16Cl2N2O/c1-12-20-16(7-8-23-12)15-5-4-14(25-2)10-19(15)24(20)11-13-3-6-17(21)18(22)9-13/h3-10H,11H2,1-2H3. The molecule has 0 bridgehead atoms. The first kappa shape index (κ1) is 16.2. The molecule has 4 rings (SSSR count). The van der Waals surface area contributed by atoms with E-state index in [1.807, 2.05) is 37.4 Å². The van der Waals surface area contributed by atoms with Crippen LogP contribution >= 0.6 is 23.2 Å². The molecule has 0 saturated heterocycles. The third-order valence-corrected chi connectivity index (χ3v) is 5.23. The number of pyridine rings is 1. The second-order valence-corrected chi connectivity index (χ2v) is 6.82. The van der Waals surface area contributed by atoms with Gasteiger partial charge in [0.25, 0.3) is 0 Å². The van der Waals surface area contributed by atoms with E-state index >= 15 is 0 Å². The topological polar surface area (TPSA) is 27.1 Å². The number of hydrogen-bond donors (Lipinski definition) is 0. The fourth-order valence-corrected chi connectivity index (χ4v) is 3.63. The van der Waals surface area contributed by atoms with Gasteiger partial charge in [-0.3, -0.25) is 4.98 Å². The monoisotopic (exact) mass is 370 g/mol. The van der Waals surface area contributed by atoms with Crippen LogP contribution in [0.4, 0.5) is 0 Å². The van der Waals surface area contributed by atoms with Crippen LogP contribution in [0.15, 0.2) is 48.7 Å². The first-order valence-corrected chi connectivity index (χ1v) is 8.69. The number of benzene rings is 2. The Morgan fingerprint density at radius 1 is 1.00 bits per heavy atom. The molecule has 0 radical (unpaired) electrons. The van der Waals surface area contributed by atoms with Gasteiger partial charge in [0.1, 0.15) is 5.75 Å². The van der Waals surface area contributed by atoms with Crippen molar-refractivity contribution in [2.75, 3.05) is 7.11 Å². The third kappa shape index (κ3) is 2.74. The van der Waals surface area contributed by atoms with Crippen molar-refractivity contribution in [1.29, 1.82) is 0 Å². The molecule has 4 aromatic rings. The highest BCUT2D eigenvalue weighted by molar-refractivity contribution is 6.42. The lowest BCUT2D eigenvalue weighted by molar-refractivity contribution is 0.415. The fourth-order valence-electron chi connectivity index (χ4n) is 3.31. The van der Waals surface area contributed by atoms with Gasteiger partial charge in [0.2, 0.25) is 0 Å². The molecule has 3 nitrogen and oxygen atoms in total. The Morgan fingerprint density at radius 2 is 1.84 bits per heavy atom. The number of rotatable bonds is 3. The number of nitrogens with zero attached hydrogens (tertiary/aromatic N) is 2. The maximum absolute atomic E-state index is 6.20. The van der Waals surface area contributed by atoms with Gasteiger partial charge >= 0.3 is 0 Å². The van der Waals surface area contributed by atoms with Gasteiger partial charge < -0.3 is 9.30 Å². The van der Waals surface area contributed by atoms with E-state index in [2.05, 4.69) is 27.8 Å². The summed E-state index contributed by atoms with van der Waals surface area (Å²) in [6, 6.07) is 13.9. The SMILES string of the molecule is COc1ccc2c3ccnc(C)c3n(Cc3ccc(Cl)c(Cl)c3)c2c1. The first-order chi connectivity index (χ1) is 12.1. The Labute approximate surface area is 155 Å². The highest BCUT2D eigenvalue weighted by Crippen LogP contribution is 2.33. The summed E-state index contributed by atoms with van der Waals surface area (Å²) in [4.78, 5) is 4.48. The van der Waals surface area contributed by atoms with Crippen molar-refractivity contribution in [3.63, 3.8) is 0 Å². The zero-order chi connectivity index (χ0) is 17.6. The van der Waals surface area contributed by atoms with E-state index in [1.54, 1.807) is 7.11 Å². The summed E-state index contributed by atoms with van der Waals surface area (Å²) in [7, 11) is 1.68. The number of ether oxygens (including phenoxy) is 1. The van der Waals surface area contributed by atoms with E-state index in [4.69, 9.17) is 27.9 Å². The van der Waals surface area contributed by atoms with Crippen LogP contribution in [0.2, 0.25) is 10.0 Å². The van der Waals surface area contributed by atoms with Crippen LogP contribution < -0.4 is 4.74 Å². The van der Waals surface area contributed by atoms with Gasteiger partial charge in [0.05, 0.1) is 33.9 Å². The molecular formula is C20H16Cl2N2O. The molecule has 0 fully saturated rings. The Kier molecular flexibility index (Phi) is 4.06. The number of hydrogen-bond acceptors (Lipinski definition) is 2. The average molecular weight is 371 g/mol. The maximum Gasteiger partial charge on any atom is 0.120 e. The van der Waals surface area contributed by atoms with Crippen LogP contribution in [0.3, 0.4) is 0 Å². The molecule has 0 amide bonds. The Hall–Kier alpha value is -2.23. The molecule has 0 unspecified atom stereocenters. The quantitative estimate of drug-likeness (QED) is 0.451. The second kappa shape index (κ2) is 6.25. The van der Waals surface area contributed by atoms with E-state index in [1.165, 1.54) is 10.8 Å². The van der Waals surface area contributed by atoms with E-state index in [9.17, 15) is 0 Å². The number of aromatic nitrogens is 2. The van der Waals surface area contributed by atoms with E-state index in [0.717, 1.165) is 28.0 Å². The van der Waals surface area contributed by atoms with Gasteiger partial charge in [0, 0.05) is 29.6 Å². The summed E-state index contributed by atoms with van der Waals surface area (Å²) in [5, 5.41) is 3.49. The number of fused-ring (bicyclic) bond motifs is 3. The van der Waals surface area contributed by atoms with Crippen LogP contribution in [0.1, 0.15) is 11.3 Å². The van der Waals surface area contributed by atoms with Crippen LogP contribution in [-0.4, -0.2) is 16.7 Å². The molecule has 2 aromatic heterocycles. The lowest BCUT2D eigenvalue weighted by atomic mass is 10.1. The zero-order valence-corrected chi connectivity index (χ0v) is 15.4. The molecule has 0 spiro atoms. The summed E-state index contributed by atoms with van der Waals surface area (Å²) in [5.41, 5.74) is 4.31. The molecule has 2 heterocycles. The molecule has 126 valence electrons. The van der Waals surface area contributed by atoms with Crippen LogP contribution in [-0.2, 0) is 6.54 Å². The van der Waals surface area contributed by atoms with Gasteiger partial charge in [-0.1, -0.05) is 29.3 Å². The van der Waals surface area contributed by atoms with Gasteiger partial charge in [-0.25, -0.2) is 0 Å². The van der Waals surface area contributed by atoms with Crippen LogP contribution in [0.5, 0.6) is 5.75 Å². The number of aryl methyl sites for hydroxylation is 1. The van der Waals surface area contributed by atoms with Gasteiger partial charge in [0.15, 0.2) is 0 Å². The summed E-state index contributed by atoms with van der Waals surface area (Å²) >= 11 is 12.2. The van der Waals surface area contributed by atoms with Crippen molar-refractivity contribution < 1.29 is 4.74 Å². The third-order valence-electron chi connectivity index (χ3n) is 4.49. The minimum Gasteiger partial charge on any atom is -0.497 e. The van der Waals surface area contributed by atoms with Crippen molar-refractivity contribution in [2.45, 2.75) is 13.5 Å². The van der Waals surface area contributed by atoms with Gasteiger partial charge in [-0.05, 0) is 42.8 Å². The van der Waals surface area contributed by atoms with Crippen LogP contribution in [0, 0.1) is 6.92 Å². The van der Waals surface area contributed by atoms with E-state index < -0.39 is 0 Å². The predicted octanol–water partition coefficient (Wildman–Crippen LogP) is 5.86. The lowest BCUT2D eigenvalue weighted by Crippen LogP contribution is -2.01. The van der Waals surface area contributed by atoms with Crippen molar-refractivity contribution >= 4 is 45.0 Å². The molecule has 0 saturated carbocycles. The molecular weight excluding hydrogens is 355 g/mol. The summed E-state index contributed by atoms with van der Waals surface area (Å²) < 4.78 is 7.68. The second-order valence-electron chi connectivity index (χ2n) is 6.01. The largest absolute Gasteiger partial charge is 0.497 e. The van der Waals surface area contributed by atoms with Gasteiger partial charge in [-0.15, -0.1) is 0 Å². The summed E-state index contributed by atoms with van der Waals surface area (Å²) in [6.07, 6.45) is 1.85. The summed E-state index contributed by atoms with van der Waals surface area (Å²) in [6.45, 7) is 2.71. The normalized spacial score (nSPS) is 11.4. The Balaban J connectivity index is 2.00. The molecule has 0 aliphatic heterocycles. The predicted molar refractivity (Wildman–Crippen MR) is 104 cm³/mol. The summed E-state index contributed by atoms with van der Waals surface area (Å²) in [5.74, 6) is 0.830. The van der Waals surface area contributed by atoms with Gasteiger partial charge in [-0.2, -0.15) is 0 Å². The van der Waals surface area contributed by atoms with E-state index in [-0.39, 0.29) is 0 Å². The Bertz CT molecular complexity index is 1100. The number of methoxy groups -OCH3 is 1. The minimum atomic E-state index is 0.562. The lowest BCUT2D eigenvalue weighted by Gasteiger charge is -2.10. The first-order valence-electron chi connectivity index (χ1n) is 7.94. The molecule has 5 heteroatoms. The van der Waals surface area contributed by atoms with Crippen LogP contribution in [0.25, 0.3) is 21.8 Å². The molecule has 2 aromatic carbocycles. The molecule has 0 aliphatic carbocycles. The highest BCUT2D eigenvalue weighted by atomic mass is 35.5. The fraction of sp³-hybridized carbons (Fsp3) is 0.150. The minimum absolute atomic E-state index is 0.562. The smallest absolute Gasteiger partial charge is 0.120 e. The zero-order valence-electron chi connectivity index (χ0n) is 13.9. The molecule has 25 heavy (non-hydrogen) atoms. The van der Waals surface area contributed by atoms with Crippen molar-refractivity contribution in [3.8, 4) is 5.75 Å². The number of halogens is 2. The Morgan fingerprint density at radius 3 is 2.60 bits per heavy atom. The molecule has 0 aliphatic rings. The maximum atomic E-state index is 6.20. The van der Waals surface area contributed by atoms with Crippen molar-refractivity contribution in [2.24, 2.45) is 0 Å². The highest BCUT2D eigenvalue weighted by Gasteiger charge is 2.14. The van der Waals surface area contributed by atoms with Crippen molar-refractivity contribution in [3.05, 3.63) is 70.0 Å². The van der Waals surface area contributed by atoms with Crippen molar-refractivity contribution in [1.82, 2.24) is 9.55 Å².